The Morgan fingerprint density at radius 2 is 2.41 bits per heavy atom. The van der Waals surface area contributed by atoms with Crippen molar-refractivity contribution >= 4 is 33.2 Å². The van der Waals surface area contributed by atoms with Gasteiger partial charge in [-0.1, -0.05) is 0 Å². The highest BCUT2D eigenvalue weighted by Gasteiger charge is 2.15. The number of nitrogens with one attached hydrogen (secondary N) is 1. The largest absolute Gasteiger partial charge is 0.337 e. The number of nitrogens with zero attached hydrogens (tertiary/aromatic N) is 2. The summed E-state index contributed by atoms with van der Waals surface area (Å²) < 4.78 is 1.01. The van der Waals surface area contributed by atoms with E-state index in [1.165, 1.54) is 11.3 Å². The van der Waals surface area contributed by atoms with Crippen LogP contribution in [0.25, 0.3) is 0 Å². The summed E-state index contributed by atoms with van der Waals surface area (Å²) in [6.07, 6.45) is 3.51. The third-order valence-electron chi connectivity index (χ3n) is 2.39. The number of aryl methyl sites for hydroxylation is 1. The number of thiophene rings is 1. The van der Waals surface area contributed by atoms with E-state index < -0.39 is 0 Å². The minimum atomic E-state index is 0.0324. The van der Waals surface area contributed by atoms with Gasteiger partial charge in [-0.15, -0.1) is 11.3 Å². The molecule has 2 aromatic heterocycles. The second-order valence-corrected chi connectivity index (χ2v) is 6.21. The molecule has 6 heteroatoms. The third kappa shape index (κ3) is 2.76. The van der Waals surface area contributed by atoms with Crippen molar-refractivity contribution < 1.29 is 4.79 Å². The maximum atomic E-state index is 12.1. The lowest BCUT2D eigenvalue weighted by atomic mass is 10.3. The Bertz CT molecular complexity index is 501. The average Bonchev–Trinajstić information content (AvgIpc) is 2.89. The van der Waals surface area contributed by atoms with Crippen molar-refractivity contribution in [3.05, 3.63) is 38.3 Å². The first-order valence-electron chi connectivity index (χ1n) is 5.07. The fourth-order valence-corrected chi connectivity index (χ4v) is 2.99. The van der Waals surface area contributed by atoms with Gasteiger partial charge in [-0.25, -0.2) is 0 Å². The number of hydrogen-bond donors (Lipinski definition) is 1. The van der Waals surface area contributed by atoms with Crippen LogP contribution < -0.4 is 0 Å². The summed E-state index contributed by atoms with van der Waals surface area (Å²) in [5, 5.41) is 6.59. The van der Waals surface area contributed by atoms with Crippen molar-refractivity contribution in [1.29, 1.82) is 0 Å². The van der Waals surface area contributed by atoms with E-state index in [1.54, 1.807) is 24.3 Å². The Kier molecular flexibility index (Phi) is 3.63. The van der Waals surface area contributed by atoms with E-state index in [9.17, 15) is 4.79 Å². The molecular weight excluding hydrogens is 302 g/mol. The Morgan fingerprint density at radius 1 is 1.65 bits per heavy atom. The molecule has 1 amide bonds. The van der Waals surface area contributed by atoms with Gasteiger partial charge in [0.05, 0.1) is 14.9 Å². The van der Waals surface area contributed by atoms with E-state index in [0.29, 0.717) is 6.54 Å². The molecule has 0 aliphatic rings. The van der Waals surface area contributed by atoms with Crippen molar-refractivity contribution in [1.82, 2.24) is 15.1 Å². The number of carbonyl (C=O) groups excluding carboxylic acids is 1. The molecule has 0 aliphatic carbocycles. The van der Waals surface area contributed by atoms with Gasteiger partial charge in [-0.3, -0.25) is 9.89 Å². The third-order valence-corrected chi connectivity index (χ3v) is 4.51. The number of aromatic nitrogens is 2. The molecule has 2 heterocycles. The molecule has 0 unspecified atom stereocenters. The number of rotatable bonds is 3. The van der Waals surface area contributed by atoms with Gasteiger partial charge < -0.3 is 4.90 Å². The van der Waals surface area contributed by atoms with Gasteiger partial charge in [0.1, 0.15) is 0 Å². The number of hydrogen-bond acceptors (Lipinski definition) is 3. The first-order chi connectivity index (χ1) is 8.08. The number of carbonyl (C=O) groups is 1. The van der Waals surface area contributed by atoms with Crippen LogP contribution in [0.15, 0.2) is 22.2 Å². The van der Waals surface area contributed by atoms with Crippen LogP contribution in [-0.4, -0.2) is 28.1 Å². The second kappa shape index (κ2) is 5.01. The molecule has 0 bridgehead atoms. The summed E-state index contributed by atoms with van der Waals surface area (Å²) in [6.45, 7) is 2.54. The van der Waals surface area contributed by atoms with Crippen LogP contribution in [0.4, 0.5) is 0 Å². The molecule has 0 aromatic carbocycles. The highest BCUT2D eigenvalue weighted by molar-refractivity contribution is 9.11. The zero-order valence-corrected chi connectivity index (χ0v) is 11.9. The molecule has 17 heavy (non-hydrogen) atoms. The lowest BCUT2D eigenvalue weighted by Gasteiger charge is -2.14. The molecule has 0 fully saturated rings. The van der Waals surface area contributed by atoms with Crippen LogP contribution in [0.2, 0.25) is 0 Å². The maximum absolute atomic E-state index is 12.1. The molecular formula is C11H12BrN3OS. The van der Waals surface area contributed by atoms with Crippen LogP contribution in [0, 0.1) is 6.92 Å². The number of halogens is 1. The SMILES string of the molecule is Cc1cc(C(=O)N(C)Cc2cn[nH]c2)sc1Br. The van der Waals surface area contributed by atoms with E-state index in [2.05, 4.69) is 26.1 Å². The summed E-state index contributed by atoms with van der Waals surface area (Å²) in [5.41, 5.74) is 2.09. The molecule has 0 aliphatic heterocycles. The van der Waals surface area contributed by atoms with Crippen LogP contribution in [-0.2, 0) is 6.54 Å². The molecule has 2 rings (SSSR count). The summed E-state index contributed by atoms with van der Waals surface area (Å²) in [6, 6.07) is 1.91. The monoisotopic (exact) mass is 313 g/mol. The van der Waals surface area contributed by atoms with Gasteiger partial charge in [0, 0.05) is 25.4 Å². The van der Waals surface area contributed by atoms with Crippen molar-refractivity contribution in [3.8, 4) is 0 Å². The smallest absolute Gasteiger partial charge is 0.264 e. The van der Waals surface area contributed by atoms with E-state index in [4.69, 9.17) is 0 Å². The summed E-state index contributed by atoms with van der Waals surface area (Å²) >= 11 is 4.89. The lowest BCUT2D eigenvalue weighted by molar-refractivity contribution is 0.0790. The fraction of sp³-hybridized carbons (Fsp3) is 0.273. The quantitative estimate of drug-likeness (QED) is 0.947. The van der Waals surface area contributed by atoms with Crippen molar-refractivity contribution in [2.45, 2.75) is 13.5 Å². The Hall–Kier alpha value is -1.14. The van der Waals surface area contributed by atoms with Crippen LogP contribution >= 0.6 is 27.3 Å². The number of H-pyrrole nitrogens is 1. The summed E-state index contributed by atoms with van der Waals surface area (Å²) in [7, 11) is 1.79. The first kappa shape index (κ1) is 12.3. The zero-order chi connectivity index (χ0) is 12.4. The van der Waals surface area contributed by atoms with E-state index in [1.807, 2.05) is 13.0 Å². The van der Waals surface area contributed by atoms with Crippen LogP contribution in [0.1, 0.15) is 20.8 Å². The van der Waals surface area contributed by atoms with Crippen LogP contribution in [0.5, 0.6) is 0 Å². The van der Waals surface area contributed by atoms with E-state index >= 15 is 0 Å². The molecule has 0 radical (unpaired) electrons. The highest BCUT2D eigenvalue weighted by atomic mass is 79.9. The van der Waals surface area contributed by atoms with E-state index in [-0.39, 0.29) is 5.91 Å². The Labute approximate surface area is 112 Å². The van der Waals surface area contributed by atoms with Gasteiger partial charge in [0.2, 0.25) is 0 Å². The van der Waals surface area contributed by atoms with Gasteiger partial charge in [0.25, 0.3) is 5.91 Å². The molecule has 0 saturated heterocycles. The normalized spacial score (nSPS) is 10.5. The topological polar surface area (TPSA) is 49.0 Å². The van der Waals surface area contributed by atoms with E-state index in [0.717, 1.165) is 19.8 Å². The summed E-state index contributed by atoms with van der Waals surface area (Å²) in [4.78, 5) is 14.6. The number of amides is 1. The van der Waals surface area contributed by atoms with Crippen molar-refractivity contribution in [2.75, 3.05) is 7.05 Å². The second-order valence-electron chi connectivity index (χ2n) is 3.84. The van der Waals surface area contributed by atoms with Gasteiger partial charge in [-0.05, 0) is 34.5 Å². The maximum Gasteiger partial charge on any atom is 0.264 e. The van der Waals surface area contributed by atoms with Crippen molar-refractivity contribution in [3.63, 3.8) is 0 Å². The zero-order valence-electron chi connectivity index (χ0n) is 9.53. The first-order valence-corrected chi connectivity index (χ1v) is 6.68. The molecule has 2 aromatic rings. The molecule has 1 N–H and O–H groups in total. The molecule has 4 nitrogen and oxygen atoms in total. The average molecular weight is 314 g/mol. The minimum Gasteiger partial charge on any atom is -0.337 e. The fourth-order valence-electron chi connectivity index (χ4n) is 1.46. The van der Waals surface area contributed by atoms with Gasteiger partial charge in [-0.2, -0.15) is 5.10 Å². The molecule has 0 atom stereocenters. The molecule has 90 valence electrons. The molecule has 0 spiro atoms. The minimum absolute atomic E-state index is 0.0324. The number of aromatic amines is 1. The predicted octanol–water partition coefficient (Wildman–Crippen LogP) is 2.81. The predicted molar refractivity (Wildman–Crippen MR) is 71.1 cm³/mol. The van der Waals surface area contributed by atoms with Crippen LogP contribution in [0.3, 0.4) is 0 Å². The van der Waals surface area contributed by atoms with Gasteiger partial charge in [0.15, 0.2) is 0 Å². The Balaban J connectivity index is 2.09. The standard InChI is InChI=1S/C11H12BrN3OS/c1-7-3-9(17-10(7)12)11(16)15(2)6-8-4-13-14-5-8/h3-5H,6H2,1-2H3,(H,13,14). The van der Waals surface area contributed by atoms with Gasteiger partial charge >= 0.3 is 0 Å². The Morgan fingerprint density at radius 3 is 2.94 bits per heavy atom. The molecule has 0 saturated carbocycles. The lowest BCUT2D eigenvalue weighted by Crippen LogP contribution is -2.25. The summed E-state index contributed by atoms with van der Waals surface area (Å²) in [5.74, 6) is 0.0324. The van der Waals surface area contributed by atoms with Crippen molar-refractivity contribution in [2.24, 2.45) is 0 Å². The highest BCUT2D eigenvalue weighted by Crippen LogP contribution is 2.28.